The number of nitrogens with one attached hydrogen (secondary N) is 1. The molecule has 0 saturated heterocycles. The van der Waals surface area contributed by atoms with E-state index in [0.29, 0.717) is 23.7 Å². The fourth-order valence-corrected chi connectivity index (χ4v) is 3.51. The maximum atomic E-state index is 12.8. The number of ether oxygens (including phenoxy) is 1. The second-order valence-corrected chi connectivity index (χ2v) is 7.56. The van der Waals surface area contributed by atoms with Crippen molar-refractivity contribution in [1.29, 1.82) is 0 Å². The molecule has 0 bridgehead atoms. The number of carbonyl (C=O) groups is 2. The third kappa shape index (κ3) is 4.35. The molecule has 0 radical (unpaired) electrons. The zero-order chi connectivity index (χ0) is 21.1. The molecule has 2 amide bonds. The zero-order valence-electron chi connectivity index (χ0n) is 17.1. The van der Waals surface area contributed by atoms with E-state index in [0.717, 1.165) is 11.1 Å². The van der Waals surface area contributed by atoms with E-state index in [4.69, 9.17) is 4.74 Å². The van der Waals surface area contributed by atoms with Gasteiger partial charge in [-0.3, -0.25) is 9.59 Å². The molecule has 1 aliphatic heterocycles. The van der Waals surface area contributed by atoms with Crippen molar-refractivity contribution in [3.63, 3.8) is 0 Å². The first-order valence-corrected chi connectivity index (χ1v) is 10.0. The third-order valence-electron chi connectivity index (χ3n) is 5.12. The molecule has 30 heavy (non-hydrogen) atoms. The third-order valence-corrected chi connectivity index (χ3v) is 5.12. The van der Waals surface area contributed by atoms with Gasteiger partial charge in [0.2, 0.25) is 5.91 Å². The molecular weight excluding hydrogens is 376 g/mol. The van der Waals surface area contributed by atoms with E-state index >= 15 is 0 Å². The molecule has 0 aliphatic carbocycles. The summed E-state index contributed by atoms with van der Waals surface area (Å²) in [7, 11) is 0. The van der Waals surface area contributed by atoms with Gasteiger partial charge in [0.25, 0.3) is 5.91 Å². The minimum Gasteiger partial charge on any atom is -0.479 e. The molecule has 1 N–H and O–H groups in total. The summed E-state index contributed by atoms with van der Waals surface area (Å²) in [6.45, 7) is 4.23. The Morgan fingerprint density at radius 1 is 1.00 bits per heavy atom. The van der Waals surface area contributed by atoms with Crippen LogP contribution in [0.25, 0.3) is 0 Å². The molecule has 5 nitrogen and oxygen atoms in total. The Morgan fingerprint density at radius 2 is 1.73 bits per heavy atom. The number of aryl methyl sites for hydroxylation is 1. The number of amides is 2. The number of nitrogens with zero attached hydrogens (tertiary/aromatic N) is 1. The Bertz CT molecular complexity index is 1060. The molecule has 0 fully saturated rings. The van der Waals surface area contributed by atoms with Crippen molar-refractivity contribution in [2.45, 2.75) is 32.9 Å². The lowest BCUT2D eigenvalue weighted by molar-refractivity contribution is -0.125. The van der Waals surface area contributed by atoms with Crippen LogP contribution in [-0.2, 0) is 22.6 Å². The fraction of sp³-hybridized carbons (Fsp3) is 0.200. The fourth-order valence-electron chi connectivity index (χ4n) is 3.51. The van der Waals surface area contributed by atoms with E-state index in [1.807, 2.05) is 61.5 Å². The number of benzene rings is 3. The monoisotopic (exact) mass is 400 g/mol. The van der Waals surface area contributed by atoms with Gasteiger partial charge in [0.05, 0.1) is 18.7 Å². The number of anilines is 2. The normalized spacial score (nSPS) is 15.3. The number of carbonyl (C=O) groups excluding carboxylic acids is 2. The Kier molecular flexibility index (Phi) is 5.53. The van der Waals surface area contributed by atoms with E-state index in [1.54, 1.807) is 30.0 Å². The number of rotatable bonds is 5. The summed E-state index contributed by atoms with van der Waals surface area (Å²) in [5.74, 6) is 0.425. The van der Waals surface area contributed by atoms with Crippen molar-refractivity contribution in [2.24, 2.45) is 0 Å². The van der Waals surface area contributed by atoms with E-state index in [2.05, 4.69) is 5.32 Å². The highest BCUT2D eigenvalue weighted by molar-refractivity contribution is 6.01. The van der Waals surface area contributed by atoms with Gasteiger partial charge in [-0.15, -0.1) is 0 Å². The molecule has 1 unspecified atom stereocenters. The SMILES string of the molecule is Cc1ccc(CN2C(=O)C(C)Oc3ccc(NC(=O)Cc4ccccc4)cc32)cc1. The second kappa shape index (κ2) is 8.41. The molecule has 0 saturated carbocycles. The van der Waals surface area contributed by atoms with Crippen LogP contribution in [0.3, 0.4) is 0 Å². The van der Waals surface area contributed by atoms with Gasteiger partial charge in [-0.05, 0) is 43.2 Å². The van der Waals surface area contributed by atoms with Crippen molar-refractivity contribution in [3.8, 4) is 5.75 Å². The molecule has 5 heteroatoms. The van der Waals surface area contributed by atoms with Crippen molar-refractivity contribution in [2.75, 3.05) is 10.2 Å². The van der Waals surface area contributed by atoms with Gasteiger partial charge in [-0.1, -0.05) is 60.2 Å². The number of hydrogen-bond acceptors (Lipinski definition) is 3. The highest BCUT2D eigenvalue weighted by Crippen LogP contribution is 2.37. The van der Waals surface area contributed by atoms with E-state index in [-0.39, 0.29) is 18.2 Å². The smallest absolute Gasteiger partial charge is 0.268 e. The minimum absolute atomic E-state index is 0.101. The van der Waals surface area contributed by atoms with Gasteiger partial charge < -0.3 is 15.0 Å². The first kappa shape index (κ1) is 19.7. The highest BCUT2D eigenvalue weighted by atomic mass is 16.5. The summed E-state index contributed by atoms with van der Waals surface area (Å²) in [6.07, 6.45) is -0.265. The van der Waals surface area contributed by atoms with Gasteiger partial charge in [0, 0.05) is 5.69 Å². The molecule has 0 aromatic heterocycles. The van der Waals surface area contributed by atoms with Gasteiger partial charge >= 0.3 is 0 Å². The number of fused-ring (bicyclic) bond motifs is 1. The summed E-state index contributed by atoms with van der Waals surface area (Å²) in [6, 6.07) is 23.1. The Balaban J connectivity index is 1.56. The van der Waals surface area contributed by atoms with Gasteiger partial charge in [0.15, 0.2) is 6.10 Å². The lowest BCUT2D eigenvalue weighted by Gasteiger charge is -2.33. The van der Waals surface area contributed by atoms with Crippen molar-refractivity contribution in [1.82, 2.24) is 0 Å². The average Bonchev–Trinajstić information content (AvgIpc) is 2.74. The predicted octanol–water partition coefficient (Wildman–Crippen LogP) is 4.49. The molecule has 1 atom stereocenters. The van der Waals surface area contributed by atoms with Crippen LogP contribution in [-0.4, -0.2) is 17.9 Å². The average molecular weight is 400 g/mol. The van der Waals surface area contributed by atoms with Crippen LogP contribution in [0.1, 0.15) is 23.6 Å². The highest BCUT2D eigenvalue weighted by Gasteiger charge is 2.31. The molecule has 3 aromatic carbocycles. The summed E-state index contributed by atoms with van der Waals surface area (Å²) in [4.78, 5) is 27.0. The van der Waals surface area contributed by atoms with Gasteiger partial charge in [0.1, 0.15) is 5.75 Å². The van der Waals surface area contributed by atoms with Crippen LogP contribution in [0.15, 0.2) is 72.8 Å². The van der Waals surface area contributed by atoms with Gasteiger partial charge in [-0.25, -0.2) is 0 Å². The molecule has 0 spiro atoms. The van der Waals surface area contributed by atoms with E-state index in [9.17, 15) is 9.59 Å². The van der Waals surface area contributed by atoms with E-state index in [1.165, 1.54) is 5.56 Å². The molecule has 4 rings (SSSR count). The molecular formula is C25H24N2O3. The molecule has 152 valence electrons. The lowest BCUT2D eigenvalue weighted by atomic mass is 10.1. The molecule has 1 heterocycles. The number of hydrogen-bond donors (Lipinski definition) is 1. The maximum absolute atomic E-state index is 12.8. The standard InChI is InChI=1S/C25H24N2O3/c1-17-8-10-20(11-9-17)16-27-22-15-21(12-13-23(22)30-18(2)25(27)29)26-24(28)14-19-6-4-3-5-7-19/h3-13,15,18H,14,16H2,1-2H3,(H,26,28). The van der Waals surface area contributed by atoms with Crippen LogP contribution in [0.4, 0.5) is 11.4 Å². The van der Waals surface area contributed by atoms with E-state index < -0.39 is 6.10 Å². The van der Waals surface area contributed by atoms with Crippen molar-refractivity contribution >= 4 is 23.2 Å². The van der Waals surface area contributed by atoms with Crippen molar-refractivity contribution < 1.29 is 14.3 Å². The Labute approximate surface area is 176 Å². The molecule has 1 aliphatic rings. The topological polar surface area (TPSA) is 58.6 Å². The van der Waals surface area contributed by atoms with Crippen molar-refractivity contribution in [3.05, 3.63) is 89.5 Å². The first-order valence-electron chi connectivity index (χ1n) is 10.0. The quantitative estimate of drug-likeness (QED) is 0.686. The van der Waals surface area contributed by atoms with Crippen LogP contribution in [0.5, 0.6) is 5.75 Å². The maximum Gasteiger partial charge on any atom is 0.268 e. The first-order chi connectivity index (χ1) is 14.5. The molecule has 3 aromatic rings. The predicted molar refractivity (Wildman–Crippen MR) is 118 cm³/mol. The van der Waals surface area contributed by atoms with Crippen LogP contribution >= 0.6 is 0 Å². The van der Waals surface area contributed by atoms with Crippen LogP contribution < -0.4 is 15.0 Å². The summed E-state index contributed by atoms with van der Waals surface area (Å²) in [5.41, 5.74) is 4.45. The lowest BCUT2D eigenvalue weighted by Crippen LogP contribution is -2.44. The van der Waals surface area contributed by atoms with Crippen LogP contribution in [0, 0.1) is 6.92 Å². The Morgan fingerprint density at radius 3 is 2.47 bits per heavy atom. The minimum atomic E-state index is -0.554. The zero-order valence-corrected chi connectivity index (χ0v) is 17.1. The summed E-state index contributed by atoms with van der Waals surface area (Å²) >= 11 is 0. The van der Waals surface area contributed by atoms with Crippen LogP contribution in [0.2, 0.25) is 0 Å². The summed E-state index contributed by atoms with van der Waals surface area (Å²) in [5, 5.41) is 2.93. The summed E-state index contributed by atoms with van der Waals surface area (Å²) < 4.78 is 5.78. The van der Waals surface area contributed by atoms with Gasteiger partial charge in [-0.2, -0.15) is 0 Å². The second-order valence-electron chi connectivity index (χ2n) is 7.56. The Hall–Kier alpha value is -3.60. The largest absolute Gasteiger partial charge is 0.479 e.